The molecule has 0 heterocycles. The van der Waals surface area contributed by atoms with Gasteiger partial charge in [-0.15, -0.1) is 0 Å². The molecule has 3 heteroatoms. The van der Waals surface area contributed by atoms with Crippen LogP contribution in [0.1, 0.15) is 0 Å². The Morgan fingerprint density at radius 3 is 2.40 bits per heavy atom. The van der Waals surface area contributed by atoms with E-state index in [1.54, 1.807) is 24.3 Å². The minimum Gasteiger partial charge on any atom is -0.418 e. The van der Waals surface area contributed by atoms with E-state index < -0.39 is 0 Å². The number of ether oxygens (including phenoxy) is 1. The number of hydrogen-bond acceptors (Lipinski definition) is 2. The molecule has 2 nitrogen and oxygen atoms in total. The largest absolute Gasteiger partial charge is 0.423 e. The molecule has 51 valence electrons. The fourth-order valence-electron chi connectivity index (χ4n) is 0.551. The van der Waals surface area contributed by atoms with E-state index >= 15 is 0 Å². The van der Waals surface area contributed by atoms with E-state index in [9.17, 15) is 4.79 Å². The van der Waals surface area contributed by atoms with Crippen LogP contribution in [0.2, 0.25) is 5.02 Å². The first-order valence-corrected chi connectivity index (χ1v) is 3.00. The molecule has 1 rings (SSSR count). The van der Waals surface area contributed by atoms with Crippen LogP contribution in [-0.4, -0.2) is 6.47 Å². The van der Waals surface area contributed by atoms with Crippen LogP contribution in [0.25, 0.3) is 0 Å². The van der Waals surface area contributed by atoms with Gasteiger partial charge in [-0.1, -0.05) is 11.6 Å². The Kier molecular flexibility index (Phi) is 2.29. The van der Waals surface area contributed by atoms with Gasteiger partial charge < -0.3 is 4.74 Å². The first-order valence-electron chi connectivity index (χ1n) is 2.62. The first-order chi connectivity index (χ1) is 4.83. The van der Waals surface area contributed by atoms with Crippen LogP contribution in [0.4, 0.5) is 0 Å². The fourth-order valence-corrected chi connectivity index (χ4v) is 0.677. The van der Waals surface area contributed by atoms with Gasteiger partial charge in [0.15, 0.2) is 0 Å². The van der Waals surface area contributed by atoms with Crippen molar-refractivity contribution in [2.75, 3.05) is 0 Å². The van der Waals surface area contributed by atoms with E-state index in [2.05, 4.69) is 4.74 Å². The highest BCUT2D eigenvalue weighted by Crippen LogP contribution is 2.14. The number of benzene rings is 1. The second-order valence-electron chi connectivity index (χ2n) is 1.64. The van der Waals surface area contributed by atoms with Crippen molar-refractivity contribution >= 4 is 18.1 Å². The summed E-state index contributed by atoms with van der Waals surface area (Å²) in [6.07, 6.45) is 0. The summed E-state index contributed by atoms with van der Waals surface area (Å²) < 4.78 is 4.40. The van der Waals surface area contributed by atoms with Crippen molar-refractivity contribution in [2.45, 2.75) is 0 Å². The van der Waals surface area contributed by atoms with Gasteiger partial charge in [-0.3, -0.25) is 0 Å². The lowest BCUT2D eigenvalue weighted by Crippen LogP contribution is -1.86. The Hall–Kier alpha value is -1.02. The molecule has 0 bridgehead atoms. The molecule has 10 heavy (non-hydrogen) atoms. The van der Waals surface area contributed by atoms with Crippen LogP contribution in [0.5, 0.6) is 5.75 Å². The summed E-state index contributed by atoms with van der Waals surface area (Å²) in [5, 5.41) is 0.609. The summed E-state index contributed by atoms with van der Waals surface area (Å²) in [4.78, 5) is 9.68. The molecular formula is C7H4ClO2. The fraction of sp³-hybridized carbons (Fsp3) is 0. The van der Waals surface area contributed by atoms with Crippen molar-refractivity contribution in [3.8, 4) is 5.75 Å². The third-order valence-corrected chi connectivity index (χ3v) is 1.23. The van der Waals surface area contributed by atoms with Gasteiger partial charge in [0.1, 0.15) is 5.75 Å². The van der Waals surface area contributed by atoms with Crippen molar-refractivity contribution in [2.24, 2.45) is 0 Å². The van der Waals surface area contributed by atoms with Gasteiger partial charge in [0.25, 0.3) is 0 Å². The van der Waals surface area contributed by atoms with Gasteiger partial charge in [-0.2, -0.15) is 0 Å². The van der Waals surface area contributed by atoms with Gasteiger partial charge in [0, 0.05) is 5.02 Å². The third kappa shape index (κ3) is 1.74. The lowest BCUT2D eigenvalue weighted by molar-refractivity contribution is 0.443. The quantitative estimate of drug-likeness (QED) is 0.651. The molecule has 0 unspecified atom stereocenters. The zero-order chi connectivity index (χ0) is 7.40. The van der Waals surface area contributed by atoms with E-state index in [-0.39, 0.29) is 0 Å². The minimum absolute atomic E-state index is 0.444. The molecular weight excluding hydrogens is 152 g/mol. The molecule has 0 fully saturated rings. The van der Waals surface area contributed by atoms with Crippen LogP contribution in [0.15, 0.2) is 24.3 Å². The van der Waals surface area contributed by atoms with Gasteiger partial charge in [-0.05, 0) is 24.3 Å². The molecule has 0 aliphatic carbocycles. The Morgan fingerprint density at radius 2 is 1.90 bits per heavy atom. The molecule has 0 saturated heterocycles. The second kappa shape index (κ2) is 3.22. The molecule has 0 atom stereocenters. The molecule has 1 aromatic carbocycles. The maximum atomic E-state index is 9.68. The summed E-state index contributed by atoms with van der Waals surface area (Å²) in [6.45, 7) is 1.31. The van der Waals surface area contributed by atoms with Crippen molar-refractivity contribution in [3.63, 3.8) is 0 Å². The predicted octanol–water partition coefficient (Wildman–Crippen LogP) is 1.79. The van der Waals surface area contributed by atoms with Gasteiger partial charge in [0.05, 0.1) is 0 Å². The lowest BCUT2D eigenvalue weighted by atomic mass is 10.3. The van der Waals surface area contributed by atoms with Crippen molar-refractivity contribution in [3.05, 3.63) is 29.3 Å². The van der Waals surface area contributed by atoms with Crippen molar-refractivity contribution < 1.29 is 9.53 Å². The van der Waals surface area contributed by atoms with Gasteiger partial charge in [-0.25, -0.2) is 4.79 Å². The van der Waals surface area contributed by atoms with Gasteiger partial charge >= 0.3 is 6.47 Å². The summed E-state index contributed by atoms with van der Waals surface area (Å²) in [7, 11) is 0. The highest BCUT2D eigenvalue weighted by atomic mass is 35.5. The molecule has 0 N–H and O–H groups in total. The summed E-state index contributed by atoms with van der Waals surface area (Å²) in [5.41, 5.74) is 0. The van der Waals surface area contributed by atoms with E-state index in [1.165, 1.54) is 6.47 Å². The number of hydrogen-bond donors (Lipinski definition) is 0. The first kappa shape index (κ1) is 7.09. The highest BCUT2D eigenvalue weighted by Gasteiger charge is 1.90. The van der Waals surface area contributed by atoms with E-state index in [1.807, 2.05) is 0 Å². The smallest absolute Gasteiger partial charge is 0.418 e. The topological polar surface area (TPSA) is 26.3 Å². The molecule has 0 spiro atoms. The van der Waals surface area contributed by atoms with Crippen LogP contribution in [0, 0.1) is 0 Å². The van der Waals surface area contributed by atoms with Crippen LogP contribution in [0.3, 0.4) is 0 Å². The SMILES string of the molecule is O=[C]Oc1ccc(Cl)cc1. The Balaban J connectivity index is 2.78. The summed E-state index contributed by atoms with van der Waals surface area (Å²) in [5.74, 6) is 0.444. The van der Waals surface area contributed by atoms with E-state index in [4.69, 9.17) is 11.6 Å². The monoisotopic (exact) mass is 155 g/mol. The van der Waals surface area contributed by atoms with Crippen LogP contribution >= 0.6 is 11.6 Å². The molecule has 0 aliphatic rings. The molecule has 1 aromatic rings. The van der Waals surface area contributed by atoms with Gasteiger partial charge in [0.2, 0.25) is 0 Å². The Labute approximate surface area is 63.4 Å². The molecule has 1 radical (unpaired) electrons. The number of carbonyl (C=O) groups excluding carboxylic acids is 1. The molecule has 0 saturated carbocycles. The lowest BCUT2D eigenvalue weighted by Gasteiger charge is -1.93. The van der Waals surface area contributed by atoms with E-state index in [0.29, 0.717) is 10.8 Å². The Morgan fingerprint density at radius 1 is 1.30 bits per heavy atom. The third-order valence-electron chi connectivity index (χ3n) is 0.973. The maximum absolute atomic E-state index is 9.68. The van der Waals surface area contributed by atoms with Crippen LogP contribution < -0.4 is 4.74 Å². The highest BCUT2D eigenvalue weighted by molar-refractivity contribution is 6.30. The average Bonchev–Trinajstić information content (AvgIpc) is 1.95. The molecule has 0 aliphatic heterocycles. The minimum atomic E-state index is 0.444. The average molecular weight is 156 g/mol. The zero-order valence-corrected chi connectivity index (χ0v) is 5.76. The summed E-state index contributed by atoms with van der Waals surface area (Å²) >= 11 is 5.56. The zero-order valence-electron chi connectivity index (χ0n) is 5.00. The van der Waals surface area contributed by atoms with Crippen molar-refractivity contribution in [1.82, 2.24) is 0 Å². The van der Waals surface area contributed by atoms with Crippen LogP contribution in [-0.2, 0) is 4.79 Å². The predicted molar refractivity (Wildman–Crippen MR) is 37.8 cm³/mol. The standard InChI is InChI=1S/C7H4ClO2/c8-6-1-3-7(4-2-6)10-5-9/h1-4H. The van der Waals surface area contributed by atoms with Crippen molar-refractivity contribution in [1.29, 1.82) is 0 Å². The maximum Gasteiger partial charge on any atom is 0.423 e. The summed E-state index contributed by atoms with van der Waals surface area (Å²) in [6, 6.07) is 6.45. The molecule has 0 aromatic heterocycles. The second-order valence-corrected chi connectivity index (χ2v) is 2.08. The normalized spacial score (nSPS) is 8.90. The van der Waals surface area contributed by atoms with E-state index in [0.717, 1.165) is 0 Å². The molecule has 0 amide bonds. The Bertz CT molecular complexity index is 218. The number of rotatable bonds is 2. The number of halogens is 1.